The van der Waals surface area contributed by atoms with E-state index < -0.39 is 24.4 Å². The van der Waals surface area contributed by atoms with Crippen molar-refractivity contribution < 1.29 is 29.2 Å². The summed E-state index contributed by atoms with van der Waals surface area (Å²) in [5.74, 6) is -0.174. The van der Waals surface area contributed by atoms with Crippen LogP contribution in [0.4, 0.5) is 26.3 Å². The number of hydrogen-bond acceptors (Lipinski definition) is 3. The maximum absolute atomic E-state index is 12.5. The lowest BCUT2D eigenvalue weighted by Crippen LogP contribution is -2.46. The molecule has 0 aromatic carbocycles. The highest BCUT2D eigenvalue weighted by Crippen LogP contribution is 2.40. The topological polar surface area (TPSA) is 37.0 Å². The normalized spacial score (nSPS) is 17.5. The van der Waals surface area contributed by atoms with E-state index in [0.717, 1.165) is 0 Å². The van der Waals surface area contributed by atoms with E-state index in [2.05, 4.69) is 15.6 Å². The number of hydrogen-bond donors (Lipinski definition) is 2. The average Bonchev–Trinajstić information content (AvgIpc) is 3.34. The van der Waals surface area contributed by atoms with Crippen molar-refractivity contribution in [3.8, 4) is 0 Å². The number of rotatable bonds is 6. The summed E-state index contributed by atoms with van der Waals surface area (Å²) in [6, 6.07) is 1.44. The Morgan fingerprint density at radius 2 is 1.73 bits per heavy atom. The molecule has 1 aromatic rings. The second kappa shape index (κ2) is 9.55. The Labute approximate surface area is 152 Å². The predicted octanol–water partition coefficient (Wildman–Crippen LogP) is 5.11. The molecular weight excluding hydrogens is 360 g/mol. The number of nitrogens with zero attached hydrogens (tertiary/aromatic N) is 1. The number of alkyl halides is 6. The zero-order valence-electron chi connectivity index (χ0n) is 15.0. The molecule has 3 nitrogen and oxygen atoms in total. The molecule has 154 valence electrons. The van der Waals surface area contributed by atoms with Crippen molar-refractivity contribution in [2.45, 2.75) is 64.1 Å². The van der Waals surface area contributed by atoms with Crippen molar-refractivity contribution in [3.63, 3.8) is 0 Å². The third-order valence-electron chi connectivity index (χ3n) is 3.68. The van der Waals surface area contributed by atoms with Gasteiger partial charge in [0, 0.05) is 15.1 Å². The molecule has 26 heavy (non-hydrogen) atoms. The van der Waals surface area contributed by atoms with Gasteiger partial charge in [0.25, 0.3) is 0 Å². The largest absolute Gasteiger partial charge is 0.409 e. The molecule has 0 saturated heterocycles. The molecule has 9 heteroatoms. The molecule has 0 spiro atoms. The summed E-state index contributed by atoms with van der Waals surface area (Å²) in [4.78, 5) is 3.68. The Hall–Kier alpha value is -1.35. The third kappa shape index (κ3) is 7.90. The minimum Gasteiger partial charge on any atom is -0.304 e. The van der Waals surface area contributed by atoms with Gasteiger partial charge in [0.2, 0.25) is 0 Å². The molecule has 2 unspecified atom stereocenters. The van der Waals surface area contributed by atoms with Gasteiger partial charge in [-0.25, -0.2) is 0 Å². The molecular formula is C17H29F6N3. The molecule has 2 rings (SSSR count). The lowest BCUT2D eigenvalue weighted by molar-refractivity contribution is -0.162. The fourth-order valence-electron chi connectivity index (χ4n) is 2.43. The molecule has 1 saturated carbocycles. The monoisotopic (exact) mass is 389 g/mol. The Bertz CT molecular complexity index is 522. The van der Waals surface area contributed by atoms with Crippen molar-refractivity contribution >= 4 is 0 Å². The van der Waals surface area contributed by atoms with Crippen LogP contribution < -0.4 is 10.6 Å². The molecule has 1 aliphatic rings. The minimum atomic E-state index is -4.30. The second-order valence-corrected chi connectivity index (χ2v) is 6.46. The maximum atomic E-state index is 12.5. The Kier molecular flexibility index (Phi) is 8.33. The fourth-order valence-corrected chi connectivity index (χ4v) is 2.43. The van der Waals surface area contributed by atoms with Crippen LogP contribution >= 0.6 is 0 Å². The lowest BCUT2D eigenvalue weighted by atomic mass is 10.1. The summed E-state index contributed by atoms with van der Waals surface area (Å²) in [7, 11) is 0. The van der Waals surface area contributed by atoms with Crippen LogP contribution in [0.2, 0.25) is 0 Å². The van der Waals surface area contributed by atoms with Gasteiger partial charge >= 0.3 is 12.4 Å². The van der Waals surface area contributed by atoms with Crippen molar-refractivity contribution in [3.05, 3.63) is 30.1 Å². The number of pyridine rings is 1. The van der Waals surface area contributed by atoms with Crippen LogP contribution in [0.15, 0.2) is 24.4 Å². The lowest BCUT2D eigenvalue weighted by Gasteiger charge is -2.23. The first kappa shape index (κ1) is 22.7. The molecule has 1 aromatic heterocycles. The first-order valence-electron chi connectivity index (χ1n) is 8.50. The summed E-state index contributed by atoms with van der Waals surface area (Å²) in [6.45, 7) is 5.35. The highest BCUT2D eigenvalue weighted by Gasteiger charge is 2.48. The molecule has 0 aliphatic heterocycles. The van der Waals surface area contributed by atoms with Gasteiger partial charge in [0.05, 0.1) is 5.69 Å². The summed E-state index contributed by atoms with van der Waals surface area (Å²) in [5.41, 5.74) is 0.00171. The fraction of sp³-hybridized carbons (Fsp3) is 0.706. The molecule has 0 radical (unpaired) electrons. The Balaban J connectivity index is 0. The van der Waals surface area contributed by atoms with Crippen LogP contribution in [0.25, 0.3) is 0 Å². The van der Waals surface area contributed by atoms with Gasteiger partial charge in [-0.1, -0.05) is 26.8 Å². The molecule has 2 N–H and O–H groups in total. The molecule has 1 fully saturated rings. The van der Waals surface area contributed by atoms with Gasteiger partial charge in [-0.15, -0.1) is 0 Å². The Morgan fingerprint density at radius 3 is 2.08 bits per heavy atom. The molecule has 0 bridgehead atoms. The van der Waals surface area contributed by atoms with E-state index in [1.54, 1.807) is 32.9 Å². The van der Waals surface area contributed by atoms with Crippen LogP contribution in [-0.4, -0.2) is 36.0 Å². The summed E-state index contributed by atoms with van der Waals surface area (Å²) in [6.07, 6.45) is -5.60. The predicted molar refractivity (Wildman–Crippen MR) is 91.8 cm³/mol. The quantitative estimate of drug-likeness (QED) is 0.664. The van der Waals surface area contributed by atoms with Gasteiger partial charge in [-0.05, 0) is 37.4 Å². The van der Waals surface area contributed by atoms with Crippen LogP contribution in [-0.2, 0) is 0 Å². The zero-order valence-corrected chi connectivity index (χ0v) is 15.0. The first-order valence-corrected chi connectivity index (χ1v) is 8.50. The van der Waals surface area contributed by atoms with Crippen molar-refractivity contribution in [1.82, 2.24) is 15.6 Å². The standard InChI is InChI=1S/C9H11F3N2.C8H14F3N.2H2/c1-2-13-8(9(10,11)12)7-5-3-4-6-14-7;1-5(2)12-7(6-3-4-6)8(9,10)11;;/h3-6,8,13H,2H2,1H3;5-7,12H,3-4H2,1-2H3;2*1H. The number of aromatic nitrogens is 1. The van der Waals surface area contributed by atoms with E-state index in [1.807, 2.05) is 0 Å². The van der Waals surface area contributed by atoms with Gasteiger partial charge in [0.15, 0.2) is 0 Å². The van der Waals surface area contributed by atoms with E-state index >= 15 is 0 Å². The van der Waals surface area contributed by atoms with Crippen LogP contribution in [0.5, 0.6) is 0 Å². The van der Waals surface area contributed by atoms with E-state index in [9.17, 15) is 26.3 Å². The summed E-state index contributed by atoms with van der Waals surface area (Å²) < 4.78 is 74.4. The van der Waals surface area contributed by atoms with Crippen molar-refractivity contribution in [2.24, 2.45) is 5.92 Å². The SMILES string of the molecule is CC(C)NC(C1CC1)C(F)(F)F.CCNC(c1ccccn1)C(F)(F)F.[HH].[HH]. The molecule has 1 heterocycles. The second-order valence-electron chi connectivity index (χ2n) is 6.46. The van der Waals surface area contributed by atoms with Gasteiger partial charge in [-0.3, -0.25) is 4.98 Å². The molecule has 2 atom stereocenters. The zero-order chi connectivity index (χ0) is 20.0. The van der Waals surface area contributed by atoms with Gasteiger partial charge in [-0.2, -0.15) is 26.3 Å². The third-order valence-corrected chi connectivity index (χ3v) is 3.68. The summed E-state index contributed by atoms with van der Waals surface area (Å²) >= 11 is 0. The Morgan fingerprint density at radius 1 is 1.12 bits per heavy atom. The van der Waals surface area contributed by atoms with E-state index in [0.29, 0.717) is 12.8 Å². The first-order chi connectivity index (χ1) is 12.0. The van der Waals surface area contributed by atoms with E-state index in [4.69, 9.17) is 0 Å². The van der Waals surface area contributed by atoms with Crippen LogP contribution in [0, 0.1) is 5.92 Å². The van der Waals surface area contributed by atoms with Crippen LogP contribution in [0.1, 0.15) is 48.2 Å². The van der Waals surface area contributed by atoms with Crippen molar-refractivity contribution in [1.29, 1.82) is 0 Å². The van der Waals surface area contributed by atoms with E-state index in [-0.39, 0.29) is 27.1 Å². The summed E-state index contributed by atoms with van der Waals surface area (Å²) in [5, 5.41) is 4.91. The minimum absolute atomic E-state index is 0. The van der Waals surface area contributed by atoms with Gasteiger partial charge in [0.1, 0.15) is 12.1 Å². The molecule has 1 aliphatic carbocycles. The van der Waals surface area contributed by atoms with Crippen molar-refractivity contribution in [2.75, 3.05) is 6.54 Å². The van der Waals surface area contributed by atoms with Gasteiger partial charge < -0.3 is 10.6 Å². The molecule has 0 amide bonds. The average molecular weight is 389 g/mol. The highest BCUT2D eigenvalue weighted by molar-refractivity contribution is 5.10. The number of halogens is 6. The van der Waals surface area contributed by atoms with Crippen LogP contribution in [0.3, 0.4) is 0 Å². The number of nitrogens with one attached hydrogen (secondary N) is 2. The smallest absolute Gasteiger partial charge is 0.304 e. The van der Waals surface area contributed by atoms with E-state index in [1.165, 1.54) is 12.3 Å². The highest BCUT2D eigenvalue weighted by atomic mass is 19.4. The maximum Gasteiger partial charge on any atom is 0.409 e.